The van der Waals surface area contributed by atoms with Gasteiger partial charge in [0.2, 0.25) is 11.8 Å². The largest absolute Gasteiger partial charge is 0.326 e. The van der Waals surface area contributed by atoms with E-state index >= 15 is 0 Å². The maximum atomic E-state index is 13.0. The standard InChI is InChI=1S/C25H27N3O2S/c1-25(2,3)17-22(29)27-19-12-14-20(15-13-19)31-23(18-9-5-4-6-10-18)24(30)28-21-11-7-8-16-26-21/h4-16,23H,17H2,1-3H3,(H,27,29)(H,26,28,30). The van der Waals surface area contributed by atoms with E-state index in [0.29, 0.717) is 12.2 Å². The average Bonchev–Trinajstić information content (AvgIpc) is 2.73. The van der Waals surface area contributed by atoms with Gasteiger partial charge in [-0.25, -0.2) is 4.98 Å². The second kappa shape index (κ2) is 10.3. The molecule has 1 atom stereocenters. The van der Waals surface area contributed by atoms with Gasteiger partial charge in [-0.3, -0.25) is 9.59 Å². The molecular weight excluding hydrogens is 406 g/mol. The molecular formula is C25H27N3O2S. The van der Waals surface area contributed by atoms with Gasteiger partial charge in [0, 0.05) is 23.2 Å². The molecule has 0 aliphatic heterocycles. The molecule has 1 unspecified atom stereocenters. The van der Waals surface area contributed by atoms with Crippen molar-refractivity contribution in [2.24, 2.45) is 5.41 Å². The van der Waals surface area contributed by atoms with Gasteiger partial charge in [-0.15, -0.1) is 11.8 Å². The number of rotatable bonds is 7. The Kier molecular flexibility index (Phi) is 7.47. The number of aromatic nitrogens is 1. The van der Waals surface area contributed by atoms with Crippen LogP contribution in [0, 0.1) is 5.41 Å². The van der Waals surface area contributed by atoms with E-state index in [4.69, 9.17) is 0 Å². The Morgan fingerprint density at radius 1 is 0.903 bits per heavy atom. The molecule has 1 heterocycles. The lowest BCUT2D eigenvalue weighted by atomic mass is 9.92. The summed E-state index contributed by atoms with van der Waals surface area (Å²) < 4.78 is 0. The number of nitrogens with zero attached hydrogens (tertiary/aromatic N) is 1. The molecule has 0 fully saturated rings. The molecule has 0 saturated heterocycles. The molecule has 0 radical (unpaired) electrons. The summed E-state index contributed by atoms with van der Waals surface area (Å²) in [5, 5.41) is 5.38. The summed E-state index contributed by atoms with van der Waals surface area (Å²) in [5.74, 6) is 0.369. The summed E-state index contributed by atoms with van der Waals surface area (Å²) >= 11 is 1.45. The number of hydrogen-bond donors (Lipinski definition) is 2. The van der Waals surface area contributed by atoms with Crippen LogP contribution in [0.5, 0.6) is 0 Å². The van der Waals surface area contributed by atoms with Gasteiger partial charge in [0.15, 0.2) is 0 Å². The van der Waals surface area contributed by atoms with Gasteiger partial charge in [-0.05, 0) is 47.4 Å². The van der Waals surface area contributed by atoms with Crippen molar-refractivity contribution in [3.63, 3.8) is 0 Å². The van der Waals surface area contributed by atoms with Crippen molar-refractivity contribution in [1.82, 2.24) is 4.98 Å². The molecule has 0 spiro atoms. The Morgan fingerprint density at radius 3 is 2.19 bits per heavy atom. The molecule has 1 aromatic heterocycles. The Hall–Kier alpha value is -3.12. The first-order valence-electron chi connectivity index (χ1n) is 10.1. The Morgan fingerprint density at radius 2 is 1.58 bits per heavy atom. The minimum atomic E-state index is -0.440. The number of hydrogen-bond acceptors (Lipinski definition) is 4. The van der Waals surface area contributed by atoms with E-state index < -0.39 is 5.25 Å². The molecule has 6 heteroatoms. The summed E-state index contributed by atoms with van der Waals surface area (Å²) in [6.07, 6.45) is 2.10. The van der Waals surface area contributed by atoms with E-state index in [9.17, 15) is 9.59 Å². The minimum Gasteiger partial charge on any atom is -0.326 e. The molecule has 0 aliphatic carbocycles. The van der Waals surface area contributed by atoms with Crippen LogP contribution in [0.15, 0.2) is 83.9 Å². The highest BCUT2D eigenvalue weighted by Gasteiger charge is 2.22. The van der Waals surface area contributed by atoms with Gasteiger partial charge in [-0.2, -0.15) is 0 Å². The van der Waals surface area contributed by atoms with Gasteiger partial charge < -0.3 is 10.6 Å². The smallest absolute Gasteiger partial charge is 0.243 e. The zero-order valence-electron chi connectivity index (χ0n) is 18.0. The maximum absolute atomic E-state index is 13.0. The lowest BCUT2D eigenvalue weighted by molar-refractivity contribution is -0.118. The van der Waals surface area contributed by atoms with Crippen LogP contribution in [-0.2, 0) is 9.59 Å². The van der Waals surface area contributed by atoms with Crippen LogP contribution in [0.2, 0.25) is 0 Å². The maximum Gasteiger partial charge on any atom is 0.243 e. The molecule has 5 nitrogen and oxygen atoms in total. The molecule has 0 saturated carbocycles. The number of carbonyl (C=O) groups is 2. The molecule has 2 aromatic carbocycles. The second-order valence-electron chi connectivity index (χ2n) is 8.42. The second-order valence-corrected chi connectivity index (χ2v) is 9.60. The summed E-state index contributed by atoms with van der Waals surface area (Å²) in [5.41, 5.74) is 1.58. The topological polar surface area (TPSA) is 71.1 Å². The van der Waals surface area contributed by atoms with Crippen LogP contribution < -0.4 is 10.6 Å². The number of amides is 2. The summed E-state index contributed by atoms with van der Waals surface area (Å²) in [4.78, 5) is 30.3. The first-order chi connectivity index (χ1) is 14.8. The van der Waals surface area contributed by atoms with Gasteiger partial charge >= 0.3 is 0 Å². The molecule has 2 amide bonds. The van der Waals surface area contributed by atoms with E-state index in [2.05, 4.69) is 15.6 Å². The van der Waals surface area contributed by atoms with E-state index in [1.54, 1.807) is 18.3 Å². The van der Waals surface area contributed by atoms with E-state index in [0.717, 1.165) is 16.1 Å². The molecule has 3 aromatic rings. The molecule has 0 bridgehead atoms. The fraction of sp³-hybridized carbons (Fsp3) is 0.240. The normalized spacial score (nSPS) is 12.1. The van der Waals surface area contributed by atoms with E-state index in [1.807, 2.05) is 81.4 Å². The zero-order chi connectivity index (χ0) is 22.3. The van der Waals surface area contributed by atoms with Crippen molar-refractivity contribution in [3.8, 4) is 0 Å². The highest BCUT2D eigenvalue weighted by molar-refractivity contribution is 8.00. The van der Waals surface area contributed by atoms with Crippen molar-refractivity contribution in [2.75, 3.05) is 10.6 Å². The SMILES string of the molecule is CC(C)(C)CC(=O)Nc1ccc(SC(C(=O)Nc2ccccn2)c2ccccc2)cc1. The number of carbonyl (C=O) groups excluding carboxylic acids is 2. The number of anilines is 2. The third-order valence-corrected chi connectivity index (χ3v) is 5.61. The lowest BCUT2D eigenvalue weighted by Crippen LogP contribution is -2.20. The Labute approximate surface area is 187 Å². The quantitative estimate of drug-likeness (QED) is 0.453. The summed E-state index contributed by atoms with van der Waals surface area (Å²) in [7, 11) is 0. The monoisotopic (exact) mass is 433 g/mol. The summed E-state index contributed by atoms with van der Waals surface area (Å²) in [6, 6.07) is 22.6. The fourth-order valence-electron chi connectivity index (χ4n) is 2.97. The van der Waals surface area contributed by atoms with Gasteiger partial charge in [0.25, 0.3) is 0 Å². The average molecular weight is 434 g/mol. The molecule has 3 rings (SSSR count). The first kappa shape index (κ1) is 22.6. The van der Waals surface area contributed by atoms with Gasteiger partial charge in [0.1, 0.15) is 11.1 Å². The minimum absolute atomic E-state index is 0.00944. The van der Waals surface area contributed by atoms with E-state index in [1.165, 1.54) is 11.8 Å². The van der Waals surface area contributed by atoms with Crippen molar-refractivity contribution >= 4 is 35.1 Å². The van der Waals surface area contributed by atoms with Gasteiger partial charge in [0.05, 0.1) is 0 Å². The van der Waals surface area contributed by atoms with Gasteiger partial charge in [-0.1, -0.05) is 57.2 Å². The summed E-state index contributed by atoms with van der Waals surface area (Å²) in [6.45, 7) is 6.10. The molecule has 31 heavy (non-hydrogen) atoms. The third-order valence-electron chi connectivity index (χ3n) is 4.34. The van der Waals surface area contributed by atoms with Crippen LogP contribution in [0.25, 0.3) is 0 Å². The molecule has 0 aliphatic rings. The first-order valence-corrected chi connectivity index (χ1v) is 11.0. The van der Waals surface area contributed by atoms with E-state index in [-0.39, 0.29) is 17.2 Å². The Balaban J connectivity index is 1.72. The van der Waals surface area contributed by atoms with Crippen molar-refractivity contribution in [2.45, 2.75) is 37.3 Å². The molecule has 160 valence electrons. The predicted molar refractivity (Wildman–Crippen MR) is 127 cm³/mol. The van der Waals surface area contributed by atoms with Crippen LogP contribution >= 0.6 is 11.8 Å². The fourth-order valence-corrected chi connectivity index (χ4v) is 3.99. The number of nitrogens with one attached hydrogen (secondary N) is 2. The van der Waals surface area contributed by atoms with Crippen LogP contribution in [0.1, 0.15) is 38.0 Å². The number of pyridine rings is 1. The van der Waals surface area contributed by atoms with Crippen LogP contribution in [-0.4, -0.2) is 16.8 Å². The van der Waals surface area contributed by atoms with Crippen molar-refractivity contribution in [1.29, 1.82) is 0 Å². The highest BCUT2D eigenvalue weighted by Crippen LogP contribution is 2.36. The van der Waals surface area contributed by atoms with Crippen molar-refractivity contribution in [3.05, 3.63) is 84.6 Å². The van der Waals surface area contributed by atoms with Crippen molar-refractivity contribution < 1.29 is 9.59 Å². The third kappa shape index (κ3) is 7.26. The highest BCUT2D eigenvalue weighted by atomic mass is 32.2. The lowest BCUT2D eigenvalue weighted by Gasteiger charge is -2.18. The van der Waals surface area contributed by atoms with Crippen LogP contribution in [0.3, 0.4) is 0 Å². The number of benzene rings is 2. The zero-order valence-corrected chi connectivity index (χ0v) is 18.8. The predicted octanol–water partition coefficient (Wildman–Crippen LogP) is 5.93. The molecule has 2 N–H and O–H groups in total. The Bertz CT molecular complexity index is 1000. The number of thioether (sulfide) groups is 1. The van der Waals surface area contributed by atoms with Crippen LogP contribution in [0.4, 0.5) is 11.5 Å².